The molecule has 2 aliphatic heterocycles. The number of piperazine rings is 1. The number of ether oxygens (including phenoxy) is 1. The molecular formula is C22H28N6O4. The van der Waals surface area contributed by atoms with Crippen molar-refractivity contribution in [2.45, 2.75) is 26.1 Å². The molecule has 0 saturated carbocycles. The maximum absolute atomic E-state index is 13.0. The van der Waals surface area contributed by atoms with Gasteiger partial charge in [0, 0.05) is 45.3 Å². The number of aromatic nitrogens is 1. The van der Waals surface area contributed by atoms with Gasteiger partial charge < -0.3 is 34.9 Å². The van der Waals surface area contributed by atoms with Crippen molar-refractivity contribution < 1.29 is 14.5 Å². The molecule has 0 bridgehead atoms. The minimum Gasteiger partial charge on any atom is -0.372 e. The molecule has 2 atom stereocenters. The first-order chi connectivity index (χ1) is 15.4. The highest BCUT2D eigenvalue weighted by molar-refractivity contribution is 5.93. The molecule has 2 unspecified atom stereocenters. The highest BCUT2D eigenvalue weighted by atomic mass is 16.6. The number of hydrogen-bond acceptors (Lipinski definition) is 7. The third kappa shape index (κ3) is 4.91. The molecule has 2 fully saturated rings. The van der Waals surface area contributed by atoms with Crippen LogP contribution >= 0.6 is 0 Å². The van der Waals surface area contributed by atoms with Gasteiger partial charge in [-0.1, -0.05) is 12.1 Å². The van der Waals surface area contributed by atoms with E-state index in [0.717, 1.165) is 30.2 Å². The van der Waals surface area contributed by atoms with Gasteiger partial charge in [-0.3, -0.25) is 0 Å². The summed E-state index contributed by atoms with van der Waals surface area (Å²) >= 11 is 0. The Labute approximate surface area is 186 Å². The van der Waals surface area contributed by atoms with Gasteiger partial charge in [0.1, 0.15) is 0 Å². The summed E-state index contributed by atoms with van der Waals surface area (Å²) in [6.45, 7) is 8.04. The monoisotopic (exact) mass is 440 g/mol. The molecule has 1 aromatic carbocycles. The number of carbonyl (C=O) groups excluding carboxylic acids is 1. The third-order valence-corrected chi connectivity index (χ3v) is 5.76. The summed E-state index contributed by atoms with van der Waals surface area (Å²) in [6.07, 6.45) is 1.77. The highest BCUT2D eigenvalue weighted by Gasteiger charge is 2.26. The first-order valence-electron chi connectivity index (χ1n) is 10.8. The van der Waals surface area contributed by atoms with E-state index in [2.05, 4.69) is 33.9 Å². The first kappa shape index (κ1) is 21.8. The van der Waals surface area contributed by atoms with Gasteiger partial charge >= 0.3 is 11.8 Å². The van der Waals surface area contributed by atoms with E-state index in [4.69, 9.17) is 4.74 Å². The number of nitro groups is 1. The number of pyridine rings is 1. The van der Waals surface area contributed by atoms with Gasteiger partial charge in [0.25, 0.3) is 0 Å². The molecule has 2 aliphatic rings. The van der Waals surface area contributed by atoms with Crippen LogP contribution in [-0.2, 0) is 4.74 Å². The van der Waals surface area contributed by atoms with Gasteiger partial charge in [-0.2, -0.15) is 0 Å². The Balaban J connectivity index is 1.37. The standard InChI is InChI=1S/C22H28N6O4/c1-16-14-27(15-17(2)32-16)20-6-4-3-5-19(20)24-22(29)26-11-9-25(10-12-26)18-7-8-21(23-13-18)28(30)31/h3-8,13,16-17H,9-12,14-15H2,1-2H3,(H,24,29). The second-order valence-electron chi connectivity index (χ2n) is 8.22. The molecular weight excluding hydrogens is 412 g/mol. The number of nitrogens with zero attached hydrogens (tertiary/aromatic N) is 5. The third-order valence-electron chi connectivity index (χ3n) is 5.76. The number of morpholine rings is 1. The van der Waals surface area contributed by atoms with Gasteiger partial charge in [0.05, 0.1) is 29.3 Å². The van der Waals surface area contributed by atoms with E-state index in [-0.39, 0.29) is 24.1 Å². The molecule has 0 spiro atoms. The van der Waals surface area contributed by atoms with E-state index >= 15 is 0 Å². The maximum Gasteiger partial charge on any atom is 0.363 e. The van der Waals surface area contributed by atoms with Crippen LogP contribution in [0.15, 0.2) is 42.6 Å². The largest absolute Gasteiger partial charge is 0.372 e. The van der Waals surface area contributed by atoms with Gasteiger partial charge in [-0.15, -0.1) is 0 Å². The molecule has 0 radical (unpaired) electrons. The summed E-state index contributed by atoms with van der Waals surface area (Å²) in [5.41, 5.74) is 2.61. The lowest BCUT2D eigenvalue weighted by Crippen LogP contribution is -2.50. The lowest BCUT2D eigenvalue weighted by molar-refractivity contribution is -0.389. The van der Waals surface area contributed by atoms with Crippen LogP contribution in [0.3, 0.4) is 0 Å². The van der Waals surface area contributed by atoms with E-state index in [1.165, 1.54) is 12.3 Å². The van der Waals surface area contributed by atoms with Crippen molar-refractivity contribution in [1.29, 1.82) is 0 Å². The van der Waals surface area contributed by atoms with Gasteiger partial charge in [0.15, 0.2) is 6.20 Å². The second kappa shape index (κ2) is 9.39. The number of para-hydroxylation sites is 2. The van der Waals surface area contributed by atoms with Crippen molar-refractivity contribution >= 4 is 28.9 Å². The Morgan fingerprint density at radius 2 is 1.75 bits per heavy atom. The highest BCUT2D eigenvalue weighted by Crippen LogP contribution is 2.29. The normalized spacial score (nSPS) is 21.4. The zero-order valence-electron chi connectivity index (χ0n) is 18.3. The number of anilines is 3. The van der Waals surface area contributed by atoms with Crippen molar-refractivity contribution in [2.24, 2.45) is 0 Å². The molecule has 2 aromatic rings. The molecule has 0 aliphatic carbocycles. The number of carbonyl (C=O) groups is 1. The van der Waals surface area contributed by atoms with Crippen molar-refractivity contribution in [2.75, 3.05) is 54.4 Å². The molecule has 3 heterocycles. The smallest absolute Gasteiger partial charge is 0.363 e. The zero-order chi connectivity index (χ0) is 22.7. The molecule has 1 aromatic heterocycles. The van der Waals surface area contributed by atoms with E-state index in [1.807, 2.05) is 24.3 Å². The van der Waals surface area contributed by atoms with E-state index in [9.17, 15) is 14.9 Å². The molecule has 1 N–H and O–H groups in total. The molecule has 10 nitrogen and oxygen atoms in total. The van der Waals surface area contributed by atoms with E-state index in [1.54, 1.807) is 11.0 Å². The van der Waals surface area contributed by atoms with Gasteiger partial charge in [-0.05, 0) is 42.0 Å². The summed E-state index contributed by atoms with van der Waals surface area (Å²) in [7, 11) is 0. The Bertz CT molecular complexity index is 951. The fourth-order valence-electron chi connectivity index (χ4n) is 4.26. The van der Waals surface area contributed by atoms with E-state index < -0.39 is 4.92 Å². The van der Waals surface area contributed by atoms with Crippen molar-refractivity contribution in [3.05, 3.63) is 52.7 Å². The predicted octanol–water partition coefficient (Wildman–Crippen LogP) is 2.96. The van der Waals surface area contributed by atoms with Crippen LogP contribution in [0.1, 0.15) is 13.8 Å². The topological polar surface area (TPSA) is 104 Å². The summed E-state index contributed by atoms with van der Waals surface area (Å²) in [6, 6.07) is 10.8. The first-order valence-corrected chi connectivity index (χ1v) is 10.8. The predicted molar refractivity (Wildman–Crippen MR) is 122 cm³/mol. The molecule has 4 rings (SSSR count). The summed E-state index contributed by atoms with van der Waals surface area (Å²) in [4.78, 5) is 33.2. The van der Waals surface area contributed by atoms with E-state index in [0.29, 0.717) is 26.2 Å². The van der Waals surface area contributed by atoms with Crippen molar-refractivity contribution in [1.82, 2.24) is 9.88 Å². The minimum atomic E-state index is -0.512. The Morgan fingerprint density at radius 3 is 2.38 bits per heavy atom. The van der Waals surface area contributed by atoms with Crippen molar-refractivity contribution in [3.8, 4) is 0 Å². The Hall–Kier alpha value is -3.40. The van der Waals surface area contributed by atoms with Gasteiger partial charge in [0.2, 0.25) is 0 Å². The van der Waals surface area contributed by atoms with Crippen LogP contribution in [0, 0.1) is 10.1 Å². The average molecular weight is 441 g/mol. The zero-order valence-corrected chi connectivity index (χ0v) is 18.3. The maximum atomic E-state index is 13.0. The fraction of sp³-hybridized carbons (Fsp3) is 0.455. The quantitative estimate of drug-likeness (QED) is 0.576. The van der Waals surface area contributed by atoms with Gasteiger partial charge in [-0.25, -0.2) is 4.79 Å². The van der Waals surface area contributed by atoms with Crippen LogP contribution in [0.5, 0.6) is 0 Å². The summed E-state index contributed by atoms with van der Waals surface area (Å²) < 4.78 is 5.84. The lowest BCUT2D eigenvalue weighted by Gasteiger charge is -2.38. The number of benzene rings is 1. The molecule has 170 valence electrons. The summed E-state index contributed by atoms with van der Waals surface area (Å²) in [5, 5.41) is 13.9. The SMILES string of the molecule is CC1CN(c2ccccc2NC(=O)N2CCN(c3ccc([N+](=O)[O-])nc3)CC2)CC(C)O1. The molecule has 2 amide bonds. The molecule has 32 heavy (non-hydrogen) atoms. The minimum absolute atomic E-state index is 0.129. The van der Waals surface area contributed by atoms with Crippen LogP contribution in [0.2, 0.25) is 0 Å². The number of hydrogen-bond donors (Lipinski definition) is 1. The molecule has 10 heteroatoms. The fourth-order valence-corrected chi connectivity index (χ4v) is 4.26. The summed E-state index contributed by atoms with van der Waals surface area (Å²) in [5.74, 6) is -0.172. The van der Waals surface area contributed by atoms with Crippen LogP contribution < -0.4 is 15.1 Å². The number of amides is 2. The number of nitrogens with one attached hydrogen (secondary N) is 1. The van der Waals surface area contributed by atoms with Crippen molar-refractivity contribution in [3.63, 3.8) is 0 Å². The second-order valence-corrected chi connectivity index (χ2v) is 8.22. The Morgan fingerprint density at radius 1 is 1.06 bits per heavy atom. The number of rotatable bonds is 4. The molecule has 2 saturated heterocycles. The Kier molecular flexibility index (Phi) is 6.40. The lowest BCUT2D eigenvalue weighted by atomic mass is 10.1. The van der Waals surface area contributed by atoms with Crippen LogP contribution in [-0.4, -0.2) is 72.3 Å². The average Bonchev–Trinajstić information content (AvgIpc) is 2.79. The van der Waals surface area contributed by atoms with Crippen LogP contribution in [0.25, 0.3) is 0 Å². The van der Waals surface area contributed by atoms with Crippen LogP contribution in [0.4, 0.5) is 27.7 Å². The number of urea groups is 1.